The van der Waals surface area contributed by atoms with Crippen molar-refractivity contribution in [3.63, 3.8) is 0 Å². The molecule has 1 aliphatic carbocycles. The minimum atomic E-state index is -1.31. The van der Waals surface area contributed by atoms with Crippen LogP contribution in [0.5, 0.6) is 0 Å². The predicted octanol–water partition coefficient (Wildman–Crippen LogP) is 1.88. The summed E-state index contributed by atoms with van der Waals surface area (Å²) in [5, 5.41) is 33.3. The molecule has 1 aromatic heterocycles. The molecular weight excluding hydrogens is 582 g/mol. The molecule has 4 rings (SSSR count). The SMILES string of the molecule is C#CCN(c1ccc(C(=O)N[C@@H](CCC(=O)N[C@@H](C)CCC(=O)O)C(=O)O)cc1)[C@H]1CCc2cc3nc(CO)[nH]c(=O)c3cc21. The highest BCUT2D eigenvalue weighted by molar-refractivity contribution is 5.97. The molecule has 0 saturated heterocycles. The van der Waals surface area contributed by atoms with Gasteiger partial charge in [0.25, 0.3) is 11.5 Å². The van der Waals surface area contributed by atoms with Crippen molar-refractivity contribution in [3.05, 3.63) is 69.3 Å². The molecule has 0 spiro atoms. The van der Waals surface area contributed by atoms with Gasteiger partial charge in [0.2, 0.25) is 5.91 Å². The normalized spacial score (nSPS) is 15.0. The van der Waals surface area contributed by atoms with E-state index >= 15 is 0 Å². The molecule has 0 radical (unpaired) electrons. The number of carboxylic acids is 2. The van der Waals surface area contributed by atoms with Crippen LogP contribution in [-0.4, -0.2) is 67.7 Å². The number of aliphatic hydroxyl groups excluding tert-OH is 1. The van der Waals surface area contributed by atoms with E-state index in [1.54, 1.807) is 31.2 Å². The number of benzene rings is 2. The van der Waals surface area contributed by atoms with Crippen LogP contribution in [0.25, 0.3) is 10.9 Å². The molecule has 0 saturated carbocycles. The maximum absolute atomic E-state index is 12.9. The quantitative estimate of drug-likeness (QED) is 0.145. The molecule has 236 valence electrons. The first-order valence-electron chi connectivity index (χ1n) is 14.5. The second-order valence-electron chi connectivity index (χ2n) is 11.0. The van der Waals surface area contributed by atoms with E-state index in [1.165, 1.54) is 0 Å². The standard InChI is InChI=1S/C32H35N5O8/c1-3-14-37(26-11-7-20-15-25-23(16-22(20)26)31(43)36-27(17-38)34-25)21-8-5-19(6-9-21)30(42)35-24(32(44)45)10-12-28(39)33-18(2)4-13-29(40)41/h1,5-6,8-9,15-16,18,24,26,38H,4,7,10-14,17H2,2H3,(H,33,39)(H,35,42)(H,40,41)(H,44,45)(H,34,36,43)/t18-,24-,26-/m0/s1. The Morgan fingerprint density at radius 2 is 1.84 bits per heavy atom. The number of anilines is 1. The monoisotopic (exact) mass is 617 g/mol. The summed E-state index contributed by atoms with van der Waals surface area (Å²) in [4.78, 5) is 69.2. The molecule has 3 aromatic rings. The Balaban J connectivity index is 1.44. The van der Waals surface area contributed by atoms with Crippen LogP contribution < -0.4 is 21.1 Å². The van der Waals surface area contributed by atoms with E-state index in [1.807, 2.05) is 17.0 Å². The summed E-state index contributed by atoms with van der Waals surface area (Å²) in [7, 11) is 0. The van der Waals surface area contributed by atoms with Gasteiger partial charge in [-0.2, -0.15) is 0 Å². The number of aliphatic carboxylic acids is 2. The zero-order valence-corrected chi connectivity index (χ0v) is 24.7. The first kappa shape index (κ1) is 32.7. The third-order valence-electron chi connectivity index (χ3n) is 7.77. The summed E-state index contributed by atoms with van der Waals surface area (Å²) in [6, 6.07) is 8.38. The number of terminal acetylenes is 1. The molecule has 0 aliphatic heterocycles. The van der Waals surface area contributed by atoms with Crippen molar-refractivity contribution in [1.82, 2.24) is 20.6 Å². The van der Waals surface area contributed by atoms with Crippen LogP contribution in [0.3, 0.4) is 0 Å². The molecule has 6 N–H and O–H groups in total. The number of hydrogen-bond donors (Lipinski definition) is 6. The largest absolute Gasteiger partial charge is 0.481 e. The first-order valence-corrected chi connectivity index (χ1v) is 14.5. The number of aryl methyl sites for hydroxylation is 1. The van der Waals surface area contributed by atoms with E-state index < -0.39 is 35.8 Å². The third kappa shape index (κ3) is 8.04. The zero-order valence-electron chi connectivity index (χ0n) is 24.7. The fourth-order valence-corrected chi connectivity index (χ4v) is 5.48. The number of hydrogen-bond acceptors (Lipinski definition) is 8. The zero-order chi connectivity index (χ0) is 32.7. The van der Waals surface area contributed by atoms with Crippen LogP contribution in [0.15, 0.2) is 41.2 Å². The van der Waals surface area contributed by atoms with Gasteiger partial charge in [0, 0.05) is 30.1 Å². The molecule has 2 amide bonds. The highest BCUT2D eigenvalue weighted by atomic mass is 16.4. The van der Waals surface area contributed by atoms with E-state index in [4.69, 9.17) is 11.5 Å². The van der Waals surface area contributed by atoms with Gasteiger partial charge in [-0.1, -0.05) is 5.92 Å². The number of rotatable bonds is 14. The smallest absolute Gasteiger partial charge is 0.326 e. The van der Waals surface area contributed by atoms with Crippen molar-refractivity contribution in [2.75, 3.05) is 11.4 Å². The molecule has 1 heterocycles. The number of aromatic nitrogens is 2. The van der Waals surface area contributed by atoms with Gasteiger partial charge >= 0.3 is 11.9 Å². The van der Waals surface area contributed by atoms with E-state index in [-0.39, 0.29) is 61.8 Å². The topological polar surface area (TPSA) is 202 Å². The predicted molar refractivity (Wildman–Crippen MR) is 165 cm³/mol. The number of aliphatic hydroxyl groups is 1. The summed E-state index contributed by atoms with van der Waals surface area (Å²) in [5.41, 5.74) is 3.07. The van der Waals surface area contributed by atoms with Crippen molar-refractivity contribution in [2.45, 2.75) is 70.2 Å². The molecule has 0 unspecified atom stereocenters. The van der Waals surface area contributed by atoms with Gasteiger partial charge in [-0.25, -0.2) is 9.78 Å². The number of carbonyl (C=O) groups is 4. The van der Waals surface area contributed by atoms with Gasteiger partial charge in [-0.05, 0) is 80.1 Å². The van der Waals surface area contributed by atoms with Gasteiger partial charge in [0.1, 0.15) is 18.5 Å². The van der Waals surface area contributed by atoms with E-state index in [0.717, 1.165) is 29.7 Å². The number of aromatic amines is 1. The number of nitrogens with zero attached hydrogens (tertiary/aromatic N) is 2. The summed E-state index contributed by atoms with van der Waals surface area (Å²) in [6.45, 7) is 1.54. The second kappa shape index (κ2) is 14.5. The molecule has 45 heavy (non-hydrogen) atoms. The third-order valence-corrected chi connectivity index (χ3v) is 7.77. The first-order chi connectivity index (χ1) is 21.5. The van der Waals surface area contributed by atoms with Gasteiger partial charge in [-0.15, -0.1) is 6.42 Å². The molecule has 0 fully saturated rings. The number of amides is 2. The highest BCUT2D eigenvalue weighted by Gasteiger charge is 2.29. The van der Waals surface area contributed by atoms with Crippen molar-refractivity contribution in [2.24, 2.45) is 0 Å². The molecule has 2 aromatic carbocycles. The fraction of sp³-hybridized carbons (Fsp3) is 0.375. The number of carbonyl (C=O) groups excluding carboxylic acids is 2. The summed E-state index contributed by atoms with van der Waals surface area (Å²) < 4.78 is 0. The van der Waals surface area contributed by atoms with Crippen molar-refractivity contribution >= 4 is 40.3 Å². The fourth-order valence-electron chi connectivity index (χ4n) is 5.48. The van der Waals surface area contributed by atoms with E-state index in [2.05, 4.69) is 26.5 Å². The summed E-state index contributed by atoms with van der Waals surface area (Å²) in [6.07, 6.45) is 6.99. The second-order valence-corrected chi connectivity index (χ2v) is 11.0. The Kier molecular flexibility index (Phi) is 10.5. The Labute approximate surface area is 258 Å². The number of H-pyrrole nitrogens is 1. The lowest BCUT2D eigenvalue weighted by Gasteiger charge is -2.30. The molecular formula is C32H35N5O8. The average molecular weight is 618 g/mol. The van der Waals surface area contributed by atoms with Crippen molar-refractivity contribution in [1.29, 1.82) is 0 Å². The maximum Gasteiger partial charge on any atom is 0.326 e. The molecule has 1 aliphatic rings. The van der Waals surface area contributed by atoms with Crippen molar-refractivity contribution < 1.29 is 34.5 Å². The Morgan fingerprint density at radius 1 is 1.11 bits per heavy atom. The summed E-state index contributed by atoms with van der Waals surface area (Å²) >= 11 is 0. The highest BCUT2D eigenvalue weighted by Crippen LogP contribution is 2.39. The lowest BCUT2D eigenvalue weighted by atomic mass is 10.0. The Bertz CT molecular complexity index is 1690. The summed E-state index contributed by atoms with van der Waals surface area (Å²) in [5.74, 6) is -0.467. The van der Waals surface area contributed by atoms with Crippen LogP contribution in [0.1, 0.15) is 72.4 Å². The number of nitrogens with one attached hydrogen (secondary N) is 3. The van der Waals surface area contributed by atoms with Crippen LogP contribution in [-0.2, 0) is 27.4 Å². The Hall–Kier alpha value is -5.22. The molecule has 13 heteroatoms. The minimum Gasteiger partial charge on any atom is -0.481 e. The van der Waals surface area contributed by atoms with Crippen LogP contribution in [0.2, 0.25) is 0 Å². The van der Waals surface area contributed by atoms with Crippen LogP contribution >= 0.6 is 0 Å². The number of fused-ring (bicyclic) bond motifs is 2. The minimum absolute atomic E-state index is 0.106. The van der Waals surface area contributed by atoms with Crippen LogP contribution in [0.4, 0.5) is 5.69 Å². The lowest BCUT2D eigenvalue weighted by Crippen LogP contribution is -2.42. The van der Waals surface area contributed by atoms with Gasteiger partial charge in [0.05, 0.1) is 23.5 Å². The molecule has 3 atom stereocenters. The molecule has 13 nitrogen and oxygen atoms in total. The Morgan fingerprint density at radius 3 is 2.49 bits per heavy atom. The lowest BCUT2D eigenvalue weighted by molar-refractivity contribution is -0.140. The van der Waals surface area contributed by atoms with E-state index in [0.29, 0.717) is 10.9 Å². The maximum atomic E-state index is 12.9. The van der Waals surface area contributed by atoms with E-state index in [9.17, 15) is 34.2 Å². The van der Waals surface area contributed by atoms with Gasteiger partial charge in [0.15, 0.2) is 0 Å². The average Bonchev–Trinajstić information content (AvgIpc) is 3.42. The molecule has 0 bridgehead atoms. The van der Waals surface area contributed by atoms with Gasteiger partial charge < -0.3 is 35.8 Å². The van der Waals surface area contributed by atoms with Crippen LogP contribution in [0, 0.1) is 12.3 Å². The van der Waals surface area contributed by atoms with Crippen molar-refractivity contribution in [3.8, 4) is 12.3 Å². The van der Waals surface area contributed by atoms with Gasteiger partial charge in [-0.3, -0.25) is 19.2 Å². The number of carboxylic acid groups (broad SMARTS) is 2.